The highest BCUT2D eigenvalue weighted by atomic mass is 79.9. The van der Waals surface area contributed by atoms with E-state index in [1.165, 1.54) is 12.3 Å². The zero-order valence-corrected chi connectivity index (χ0v) is 13.9. The van der Waals surface area contributed by atoms with E-state index in [4.69, 9.17) is 0 Å². The molecule has 1 N–H and O–H groups in total. The number of nitrogens with zero attached hydrogens (tertiary/aromatic N) is 2. The van der Waals surface area contributed by atoms with E-state index < -0.39 is 4.92 Å². The summed E-state index contributed by atoms with van der Waals surface area (Å²) >= 11 is 3.29. The van der Waals surface area contributed by atoms with Crippen LogP contribution in [0.4, 0.5) is 5.69 Å². The molecule has 2 aromatic rings. The van der Waals surface area contributed by atoms with E-state index in [-0.39, 0.29) is 11.6 Å². The summed E-state index contributed by atoms with van der Waals surface area (Å²) in [4.78, 5) is 22.6. The maximum Gasteiger partial charge on any atom is 0.273 e. The van der Waals surface area contributed by atoms with Crippen LogP contribution in [0.3, 0.4) is 0 Å². The van der Waals surface area contributed by atoms with Gasteiger partial charge in [-0.25, -0.2) is 5.43 Å². The van der Waals surface area contributed by atoms with Gasteiger partial charge < -0.3 is 0 Å². The van der Waals surface area contributed by atoms with E-state index in [9.17, 15) is 14.9 Å². The number of aryl methyl sites for hydroxylation is 1. The Morgan fingerprint density at radius 2 is 2.09 bits per heavy atom. The van der Waals surface area contributed by atoms with Crippen molar-refractivity contribution in [1.29, 1.82) is 0 Å². The van der Waals surface area contributed by atoms with Gasteiger partial charge in [-0.15, -0.1) is 0 Å². The molecule has 118 valence electrons. The minimum Gasteiger partial charge on any atom is -0.267 e. The molecule has 1 amide bonds. The zero-order valence-electron chi connectivity index (χ0n) is 12.3. The molecule has 0 aromatic heterocycles. The summed E-state index contributed by atoms with van der Waals surface area (Å²) in [6.07, 6.45) is 1.95. The number of nitro groups is 1. The number of carbonyl (C=O) groups excluding carboxylic acids is 1. The molecule has 0 fully saturated rings. The smallest absolute Gasteiger partial charge is 0.267 e. The molecule has 0 saturated carbocycles. The Kier molecular flexibility index (Phi) is 5.59. The van der Waals surface area contributed by atoms with Gasteiger partial charge >= 0.3 is 0 Å². The van der Waals surface area contributed by atoms with Crippen LogP contribution < -0.4 is 5.43 Å². The summed E-state index contributed by atoms with van der Waals surface area (Å²) in [5.41, 5.74) is 4.10. The first-order valence-corrected chi connectivity index (χ1v) is 7.67. The van der Waals surface area contributed by atoms with E-state index in [1.807, 2.05) is 6.92 Å². The highest BCUT2D eigenvalue weighted by Gasteiger charge is 2.12. The Balaban J connectivity index is 2.12. The third kappa shape index (κ3) is 4.23. The normalized spacial score (nSPS) is 10.7. The Hall–Kier alpha value is -2.54. The maximum absolute atomic E-state index is 12.0. The lowest BCUT2D eigenvalue weighted by Crippen LogP contribution is -2.18. The summed E-state index contributed by atoms with van der Waals surface area (Å²) in [5.74, 6) is -0.367. The van der Waals surface area contributed by atoms with Gasteiger partial charge in [-0.2, -0.15) is 5.10 Å². The predicted octanol–water partition coefficient (Wildman–Crippen LogP) is 3.68. The van der Waals surface area contributed by atoms with Crippen molar-refractivity contribution in [3.05, 3.63) is 73.7 Å². The summed E-state index contributed by atoms with van der Waals surface area (Å²) in [6, 6.07) is 11.8. The van der Waals surface area contributed by atoms with Crippen LogP contribution >= 0.6 is 15.9 Å². The summed E-state index contributed by atoms with van der Waals surface area (Å²) in [6.45, 7) is 1.86. The number of carbonyl (C=O) groups is 1. The largest absolute Gasteiger partial charge is 0.273 e. The minimum absolute atomic E-state index is 0.0496. The Morgan fingerprint density at radius 1 is 1.35 bits per heavy atom. The first-order chi connectivity index (χ1) is 11.0. The van der Waals surface area contributed by atoms with E-state index >= 15 is 0 Å². The van der Waals surface area contributed by atoms with E-state index in [0.29, 0.717) is 27.6 Å². The molecule has 23 heavy (non-hydrogen) atoms. The number of nitrogens with one attached hydrogen (secondary N) is 1. The third-order valence-electron chi connectivity index (χ3n) is 3.19. The van der Waals surface area contributed by atoms with Crippen LogP contribution in [0.5, 0.6) is 0 Å². The van der Waals surface area contributed by atoms with Crippen molar-refractivity contribution in [3.63, 3.8) is 0 Å². The number of nitro benzene ring substituents is 1. The second kappa shape index (κ2) is 7.64. The second-order valence-corrected chi connectivity index (χ2v) is 5.53. The van der Waals surface area contributed by atoms with Crippen LogP contribution in [-0.2, 0) is 6.42 Å². The Bertz CT molecular complexity index is 775. The van der Waals surface area contributed by atoms with Crippen LogP contribution in [-0.4, -0.2) is 17.0 Å². The number of benzene rings is 2. The van der Waals surface area contributed by atoms with Gasteiger partial charge in [-0.05, 0) is 34.5 Å². The Labute approximate surface area is 141 Å². The van der Waals surface area contributed by atoms with Crippen molar-refractivity contribution >= 4 is 33.7 Å². The van der Waals surface area contributed by atoms with Crippen molar-refractivity contribution in [2.75, 3.05) is 0 Å². The molecule has 0 aliphatic carbocycles. The van der Waals surface area contributed by atoms with Crippen molar-refractivity contribution in [2.45, 2.75) is 13.3 Å². The van der Waals surface area contributed by atoms with Crippen molar-refractivity contribution in [2.24, 2.45) is 5.10 Å². The highest BCUT2D eigenvalue weighted by molar-refractivity contribution is 9.10. The third-order valence-corrected chi connectivity index (χ3v) is 3.88. The Morgan fingerprint density at radius 3 is 2.74 bits per heavy atom. The van der Waals surface area contributed by atoms with E-state index in [0.717, 1.165) is 0 Å². The zero-order chi connectivity index (χ0) is 16.8. The number of halogens is 1. The van der Waals surface area contributed by atoms with Gasteiger partial charge in [0.1, 0.15) is 0 Å². The fourth-order valence-corrected chi connectivity index (χ4v) is 2.47. The topological polar surface area (TPSA) is 84.6 Å². The maximum atomic E-state index is 12.0. The van der Waals surface area contributed by atoms with Crippen molar-refractivity contribution < 1.29 is 9.72 Å². The summed E-state index contributed by atoms with van der Waals surface area (Å²) in [7, 11) is 0. The number of hydrogen-bond donors (Lipinski definition) is 1. The van der Waals surface area contributed by atoms with Crippen molar-refractivity contribution in [1.82, 2.24) is 5.43 Å². The molecule has 0 bridgehead atoms. The van der Waals surface area contributed by atoms with Gasteiger partial charge in [0.25, 0.3) is 11.6 Å². The highest BCUT2D eigenvalue weighted by Crippen LogP contribution is 2.20. The number of hydrogen-bond acceptors (Lipinski definition) is 4. The number of hydrazone groups is 1. The SMILES string of the molecule is CCc1ccc(/C=N\NC(=O)c2ccccc2Br)cc1[N+](=O)[O-]. The molecule has 6 nitrogen and oxygen atoms in total. The van der Waals surface area contributed by atoms with Crippen LogP contribution in [0, 0.1) is 10.1 Å². The molecule has 2 aromatic carbocycles. The first kappa shape index (κ1) is 16.8. The second-order valence-electron chi connectivity index (χ2n) is 4.68. The van der Waals surface area contributed by atoms with Gasteiger partial charge in [-0.3, -0.25) is 14.9 Å². The van der Waals surface area contributed by atoms with Gasteiger partial charge in [-0.1, -0.05) is 31.2 Å². The number of amides is 1. The molecule has 0 heterocycles. The average Bonchev–Trinajstić information content (AvgIpc) is 2.55. The molecule has 2 rings (SSSR count). The molecule has 7 heteroatoms. The van der Waals surface area contributed by atoms with E-state index in [1.54, 1.807) is 36.4 Å². The van der Waals surface area contributed by atoms with Crippen LogP contribution in [0.25, 0.3) is 0 Å². The lowest BCUT2D eigenvalue weighted by Gasteiger charge is -2.03. The molecule has 0 aliphatic rings. The number of rotatable bonds is 5. The van der Waals surface area contributed by atoms with Gasteiger partial charge in [0.2, 0.25) is 0 Å². The van der Waals surface area contributed by atoms with Crippen molar-refractivity contribution in [3.8, 4) is 0 Å². The first-order valence-electron chi connectivity index (χ1n) is 6.88. The summed E-state index contributed by atoms with van der Waals surface area (Å²) < 4.78 is 0.663. The molecule has 0 radical (unpaired) electrons. The fourth-order valence-electron chi connectivity index (χ4n) is 2.00. The lowest BCUT2D eigenvalue weighted by atomic mass is 10.1. The predicted molar refractivity (Wildman–Crippen MR) is 91.7 cm³/mol. The molecule has 0 saturated heterocycles. The van der Waals surface area contributed by atoms with E-state index in [2.05, 4.69) is 26.5 Å². The van der Waals surface area contributed by atoms with Crippen LogP contribution in [0.1, 0.15) is 28.4 Å². The molecular formula is C16H14BrN3O3. The average molecular weight is 376 g/mol. The van der Waals surface area contributed by atoms with Gasteiger partial charge in [0, 0.05) is 21.7 Å². The minimum atomic E-state index is -0.421. The van der Waals surface area contributed by atoms with Gasteiger partial charge in [0.15, 0.2) is 0 Å². The van der Waals surface area contributed by atoms with Crippen LogP contribution in [0.15, 0.2) is 52.0 Å². The monoisotopic (exact) mass is 375 g/mol. The molecule has 0 aliphatic heterocycles. The quantitative estimate of drug-likeness (QED) is 0.491. The standard InChI is InChI=1S/C16H14BrN3O3/c1-2-12-8-7-11(9-15(12)20(22)23)10-18-19-16(21)13-5-3-4-6-14(13)17/h3-10H,2H2,1H3,(H,19,21)/b18-10-. The van der Waals surface area contributed by atoms with Crippen LogP contribution in [0.2, 0.25) is 0 Å². The fraction of sp³-hybridized carbons (Fsp3) is 0.125. The van der Waals surface area contributed by atoms with Gasteiger partial charge in [0.05, 0.1) is 16.7 Å². The molecule has 0 spiro atoms. The molecule has 0 unspecified atom stereocenters. The summed E-state index contributed by atoms with van der Waals surface area (Å²) in [5, 5.41) is 14.9. The molecule has 0 atom stereocenters. The lowest BCUT2D eigenvalue weighted by molar-refractivity contribution is -0.385. The molecular weight excluding hydrogens is 362 g/mol.